The summed E-state index contributed by atoms with van der Waals surface area (Å²) in [4.78, 5) is 24.2. The zero-order chi connectivity index (χ0) is 16.2. The van der Waals surface area contributed by atoms with Crippen LogP contribution in [0.5, 0.6) is 5.75 Å². The van der Waals surface area contributed by atoms with Crippen LogP contribution in [-0.2, 0) is 4.79 Å². The van der Waals surface area contributed by atoms with E-state index < -0.39 is 5.97 Å². The van der Waals surface area contributed by atoms with Crippen LogP contribution in [0.1, 0.15) is 15.9 Å². The predicted octanol–water partition coefficient (Wildman–Crippen LogP) is 3.39. The summed E-state index contributed by atoms with van der Waals surface area (Å²) in [6, 6.07) is 15.7. The number of thiocarbonyl (C=S) groups is 1. The molecule has 3 rings (SSSR count). The quantitative estimate of drug-likeness (QED) is 0.401. The number of thioether (sulfide) groups is 1. The Labute approximate surface area is 142 Å². The Kier molecular flexibility index (Phi) is 4.55. The van der Waals surface area contributed by atoms with Crippen LogP contribution in [0, 0.1) is 0 Å². The lowest BCUT2D eigenvalue weighted by Crippen LogP contribution is -2.17. The fraction of sp³-hybridized carbons (Fsp3) is 0. The van der Waals surface area contributed by atoms with Crippen LogP contribution in [0.3, 0.4) is 0 Å². The fourth-order valence-electron chi connectivity index (χ4n) is 1.98. The lowest BCUT2D eigenvalue weighted by molar-refractivity contribution is -0.115. The van der Waals surface area contributed by atoms with Gasteiger partial charge in [0.2, 0.25) is 0 Å². The topological polar surface area (TPSA) is 55.4 Å². The summed E-state index contributed by atoms with van der Waals surface area (Å²) >= 11 is 6.16. The van der Waals surface area contributed by atoms with E-state index in [4.69, 9.17) is 17.0 Å². The molecule has 114 valence electrons. The van der Waals surface area contributed by atoms with E-state index in [1.165, 1.54) is 11.8 Å². The van der Waals surface area contributed by atoms with Crippen LogP contribution in [0.4, 0.5) is 0 Å². The number of benzene rings is 2. The molecule has 0 saturated carbocycles. The van der Waals surface area contributed by atoms with Crippen LogP contribution in [0.15, 0.2) is 59.5 Å². The molecule has 0 bridgehead atoms. The SMILES string of the molecule is O=C1NC(=S)SC1=Cc1cccc(OC(=O)c2ccccc2)c1. The second-order valence-corrected chi connectivity index (χ2v) is 6.40. The molecule has 6 heteroatoms. The third kappa shape index (κ3) is 3.85. The van der Waals surface area contributed by atoms with Crippen LogP contribution in [-0.4, -0.2) is 16.2 Å². The van der Waals surface area contributed by atoms with Crippen molar-refractivity contribution in [2.75, 3.05) is 0 Å². The zero-order valence-corrected chi connectivity index (χ0v) is 13.4. The number of rotatable bonds is 3. The molecule has 23 heavy (non-hydrogen) atoms. The maximum atomic E-state index is 12.0. The molecule has 2 aromatic carbocycles. The maximum Gasteiger partial charge on any atom is 0.343 e. The second-order valence-electron chi connectivity index (χ2n) is 4.68. The molecule has 0 spiro atoms. The first kappa shape index (κ1) is 15.5. The molecule has 4 nitrogen and oxygen atoms in total. The fourth-order valence-corrected chi connectivity index (χ4v) is 3.02. The van der Waals surface area contributed by atoms with E-state index in [0.29, 0.717) is 20.5 Å². The highest BCUT2D eigenvalue weighted by Gasteiger charge is 2.21. The van der Waals surface area contributed by atoms with Crippen LogP contribution >= 0.6 is 24.0 Å². The molecular formula is C17H11NO3S2. The Morgan fingerprint density at radius 3 is 2.61 bits per heavy atom. The molecule has 1 saturated heterocycles. The van der Waals surface area contributed by atoms with Gasteiger partial charge in [-0.1, -0.05) is 54.3 Å². The summed E-state index contributed by atoms with van der Waals surface area (Å²) in [6.45, 7) is 0. The third-order valence-electron chi connectivity index (χ3n) is 3.02. The van der Waals surface area contributed by atoms with Crippen LogP contribution in [0.25, 0.3) is 6.08 Å². The van der Waals surface area contributed by atoms with E-state index in [0.717, 1.165) is 5.56 Å². The summed E-state index contributed by atoms with van der Waals surface area (Å²) in [5.74, 6) is -0.226. The number of amides is 1. The maximum absolute atomic E-state index is 12.0. The number of esters is 1. The Hall–Kier alpha value is -2.44. The minimum Gasteiger partial charge on any atom is -0.423 e. The summed E-state index contributed by atoms with van der Waals surface area (Å²) < 4.78 is 5.79. The highest BCUT2D eigenvalue weighted by Crippen LogP contribution is 2.27. The number of carbonyl (C=O) groups is 2. The van der Waals surface area contributed by atoms with Crippen molar-refractivity contribution >= 4 is 46.3 Å². The monoisotopic (exact) mass is 341 g/mol. The van der Waals surface area contributed by atoms with E-state index in [2.05, 4.69) is 5.32 Å². The van der Waals surface area contributed by atoms with Crippen molar-refractivity contribution in [1.82, 2.24) is 5.32 Å². The normalized spacial score (nSPS) is 15.6. The van der Waals surface area contributed by atoms with E-state index in [1.54, 1.807) is 48.5 Å². The van der Waals surface area contributed by atoms with Crippen molar-refractivity contribution in [3.05, 3.63) is 70.6 Å². The molecule has 1 fully saturated rings. The van der Waals surface area contributed by atoms with Gasteiger partial charge in [-0.15, -0.1) is 0 Å². The standard InChI is InChI=1S/C17H11NO3S2/c19-15-14(23-17(22)18-15)10-11-5-4-8-13(9-11)21-16(20)12-6-2-1-3-7-12/h1-10H,(H,18,19,22). The van der Waals surface area contributed by atoms with Crippen LogP contribution in [0.2, 0.25) is 0 Å². The molecule has 0 unspecified atom stereocenters. The van der Waals surface area contributed by atoms with Gasteiger partial charge in [-0.3, -0.25) is 4.79 Å². The Balaban J connectivity index is 1.78. The predicted molar refractivity (Wildman–Crippen MR) is 94.2 cm³/mol. The average molecular weight is 341 g/mol. The number of nitrogens with one attached hydrogen (secondary N) is 1. The molecular weight excluding hydrogens is 330 g/mol. The molecule has 1 heterocycles. The minimum absolute atomic E-state index is 0.216. The Morgan fingerprint density at radius 1 is 1.13 bits per heavy atom. The Bertz CT molecular complexity index is 816. The first-order valence-electron chi connectivity index (χ1n) is 6.74. The number of ether oxygens (including phenoxy) is 1. The van der Waals surface area contributed by atoms with E-state index in [-0.39, 0.29) is 5.91 Å². The minimum atomic E-state index is -0.426. The Morgan fingerprint density at radius 2 is 1.91 bits per heavy atom. The van der Waals surface area contributed by atoms with E-state index in [9.17, 15) is 9.59 Å². The zero-order valence-electron chi connectivity index (χ0n) is 11.8. The molecule has 1 amide bonds. The summed E-state index contributed by atoms with van der Waals surface area (Å²) in [5, 5.41) is 2.56. The van der Waals surface area contributed by atoms with Gasteiger partial charge in [0.05, 0.1) is 10.5 Å². The number of carbonyl (C=O) groups excluding carboxylic acids is 2. The lowest BCUT2D eigenvalue weighted by Gasteiger charge is -2.05. The van der Waals surface area contributed by atoms with E-state index >= 15 is 0 Å². The van der Waals surface area contributed by atoms with Crippen LogP contribution < -0.4 is 10.1 Å². The van der Waals surface area contributed by atoms with Gasteiger partial charge in [0, 0.05) is 0 Å². The van der Waals surface area contributed by atoms with Gasteiger partial charge in [0.1, 0.15) is 10.1 Å². The highest BCUT2D eigenvalue weighted by molar-refractivity contribution is 8.26. The van der Waals surface area contributed by atoms with Gasteiger partial charge in [-0.25, -0.2) is 4.79 Å². The second kappa shape index (κ2) is 6.76. The summed E-state index contributed by atoms with van der Waals surface area (Å²) in [6.07, 6.45) is 1.71. The van der Waals surface area contributed by atoms with Gasteiger partial charge >= 0.3 is 5.97 Å². The molecule has 1 N–H and O–H groups in total. The highest BCUT2D eigenvalue weighted by atomic mass is 32.2. The molecule has 2 aromatic rings. The third-order valence-corrected chi connectivity index (χ3v) is 4.18. The van der Waals surface area contributed by atoms with Gasteiger partial charge < -0.3 is 10.1 Å². The van der Waals surface area contributed by atoms with Gasteiger partial charge in [-0.2, -0.15) is 0 Å². The first-order valence-corrected chi connectivity index (χ1v) is 7.96. The molecule has 0 radical (unpaired) electrons. The van der Waals surface area contributed by atoms with Gasteiger partial charge in [-0.05, 0) is 35.9 Å². The average Bonchev–Trinajstić information content (AvgIpc) is 2.86. The number of hydrogen-bond donors (Lipinski definition) is 1. The van der Waals surface area contributed by atoms with Crippen molar-refractivity contribution in [1.29, 1.82) is 0 Å². The summed E-state index contributed by atoms with van der Waals surface area (Å²) in [5.41, 5.74) is 1.23. The van der Waals surface area contributed by atoms with Crippen molar-refractivity contribution in [2.45, 2.75) is 0 Å². The smallest absolute Gasteiger partial charge is 0.343 e. The number of hydrogen-bond acceptors (Lipinski definition) is 5. The van der Waals surface area contributed by atoms with Crippen molar-refractivity contribution in [3.8, 4) is 5.75 Å². The van der Waals surface area contributed by atoms with E-state index in [1.807, 2.05) is 12.1 Å². The summed E-state index contributed by atoms with van der Waals surface area (Å²) in [7, 11) is 0. The molecule has 0 atom stereocenters. The lowest BCUT2D eigenvalue weighted by atomic mass is 10.2. The largest absolute Gasteiger partial charge is 0.423 e. The first-order chi connectivity index (χ1) is 11.1. The molecule has 1 aliphatic heterocycles. The van der Waals surface area contributed by atoms with Gasteiger partial charge in [0.25, 0.3) is 5.91 Å². The van der Waals surface area contributed by atoms with Crippen molar-refractivity contribution < 1.29 is 14.3 Å². The van der Waals surface area contributed by atoms with Crippen molar-refractivity contribution in [3.63, 3.8) is 0 Å². The molecule has 0 aliphatic carbocycles. The molecule has 0 aromatic heterocycles. The van der Waals surface area contributed by atoms with Gasteiger partial charge in [0.15, 0.2) is 0 Å². The molecule has 1 aliphatic rings. The van der Waals surface area contributed by atoms with Crippen molar-refractivity contribution in [2.24, 2.45) is 0 Å².